The molecule has 0 radical (unpaired) electrons. The summed E-state index contributed by atoms with van der Waals surface area (Å²) in [5.41, 5.74) is 0. The molecule has 0 fully saturated rings. The van der Waals surface area contributed by atoms with Crippen molar-refractivity contribution >= 4 is 34.1 Å². The highest BCUT2D eigenvalue weighted by Crippen LogP contribution is 2.09. The van der Waals surface area contributed by atoms with Crippen molar-refractivity contribution in [1.29, 1.82) is 0 Å². The third-order valence-electron chi connectivity index (χ3n) is 1.35. The Hall–Kier alpha value is -0.650. The summed E-state index contributed by atoms with van der Waals surface area (Å²) >= 11 is 6.46. The smallest absolute Gasteiger partial charge is 0.139 e. The van der Waals surface area contributed by atoms with Gasteiger partial charge in [-0.05, 0) is 19.1 Å². The van der Waals surface area contributed by atoms with Crippen molar-refractivity contribution in [3.8, 4) is 0 Å². The summed E-state index contributed by atoms with van der Waals surface area (Å²) in [6.07, 6.45) is 1.35. The number of hydrogen-bond acceptors (Lipinski definition) is 4. The summed E-state index contributed by atoms with van der Waals surface area (Å²) in [5.74, 6) is 1.33. The minimum Gasteiger partial charge on any atom is -0.393 e. The number of rotatable bonds is 3. The van der Waals surface area contributed by atoms with Crippen LogP contribution < -0.4 is 5.32 Å². The van der Waals surface area contributed by atoms with Gasteiger partial charge in [-0.15, -0.1) is 0 Å². The van der Waals surface area contributed by atoms with Crippen molar-refractivity contribution in [2.45, 2.75) is 13.0 Å². The number of thiocarbonyl (C=S) groups is 1. The highest BCUT2D eigenvalue weighted by molar-refractivity contribution is 8.23. The molecule has 1 rings (SSSR count). The number of pyridine rings is 1. The molecule has 0 amide bonds. The molecule has 0 aliphatic heterocycles. The van der Waals surface area contributed by atoms with Crippen LogP contribution in [0.4, 0.5) is 5.82 Å². The molecule has 1 aromatic rings. The Labute approximate surface area is 92.9 Å². The minimum absolute atomic E-state index is 0.344. The first-order chi connectivity index (χ1) is 6.68. The first-order valence-corrected chi connectivity index (χ1v) is 5.61. The van der Waals surface area contributed by atoms with Crippen molar-refractivity contribution in [1.82, 2.24) is 4.98 Å². The second kappa shape index (κ2) is 5.95. The zero-order chi connectivity index (χ0) is 10.4. The molecule has 0 saturated carbocycles. The quantitative estimate of drug-likeness (QED) is 0.774. The van der Waals surface area contributed by atoms with Crippen LogP contribution in [0.1, 0.15) is 6.92 Å². The summed E-state index contributed by atoms with van der Waals surface area (Å²) in [4.78, 5) is 4.07. The average molecular weight is 228 g/mol. The molecule has 2 N–H and O–H groups in total. The zero-order valence-electron chi connectivity index (χ0n) is 7.80. The van der Waals surface area contributed by atoms with E-state index in [4.69, 9.17) is 17.3 Å². The van der Waals surface area contributed by atoms with E-state index in [1.807, 2.05) is 18.2 Å². The van der Waals surface area contributed by atoms with Crippen LogP contribution >= 0.6 is 24.0 Å². The number of thioether (sulfide) groups is 1. The van der Waals surface area contributed by atoms with E-state index in [2.05, 4.69) is 10.3 Å². The van der Waals surface area contributed by atoms with Gasteiger partial charge in [0, 0.05) is 11.9 Å². The number of nitrogens with zero attached hydrogens (tertiary/aromatic N) is 1. The van der Waals surface area contributed by atoms with E-state index in [0.29, 0.717) is 10.1 Å². The lowest BCUT2D eigenvalue weighted by Gasteiger charge is -2.07. The maximum absolute atomic E-state index is 9.04. The molecule has 1 atom stereocenters. The normalized spacial score (nSPS) is 12.1. The molecule has 0 aliphatic rings. The predicted molar refractivity (Wildman–Crippen MR) is 64.6 cm³/mol. The Bertz CT molecular complexity index is 290. The van der Waals surface area contributed by atoms with Gasteiger partial charge >= 0.3 is 0 Å². The maximum atomic E-state index is 9.04. The van der Waals surface area contributed by atoms with Crippen LogP contribution in [-0.4, -0.2) is 26.3 Å². The summed E-state index contributed by atoms with van der Waals surface area (Å²) in [7, 11) is 0. The predicted octanol–water partition coefficient (Wildman–Crippen LogP) is 1.89. The van der Waals surface area contributed by atoms with Gasteiger partial charge in [0.1, 0.15) is 10.1 Å². The van der Waals surface area contributed by atoms with Gasteiger partial charge in [0.2, 0.25) is 0 Å². The molecular weight excluding hydrogens is 216 g/mol. The van der Waals surface area contributed by atoms with Gasteiger partial charge in [-0.1, -0.05) is 30.0 Å². The van der Waals surface area contributed by atoms with E-state index >= 15 is 0 Å². The summed E-state index contributed by atoms with van der Waals surface area (Å²) in [5, 5.41) is 12.0. The van der Waals surface area contributed by atoms with Crippen molar-refractivity contribution in [2.75, 3.05) is 11.1 Å². The van der Waals surface area contributed by atoms with E-state index in [1.165, 1.54) is 11.8 Å². The monoisotopic (exact) mass is 228 g/mol. The standard InChI is InChI=1S/C9H12N2OS2/c1-7(12)6-14-9(13)11-8-4-2-3-5-10-8/h2-5,7,12H,6H2,1H3,(H,10,11,13). The van der Waals surface area contributed by atoms with E-state index in [0.717, 1.165) is 5.82 Å². The van der Waals surface area contributed by atoms with Crippen LogP contribution in [0.3, 0.4) is 0 Å². The van der Waals surface area contributed by atoms with Crippen LogP contribution in [0.5, 0.6) is 0 Å². The Balaban J connectivity index is 2.35. The lowest BCUT2D eigenvalue weighted by atomic mass is 10.5. The van der Waals surface area contributed by atoms with E-state index in [1.54, 1.807) is 13.1 Å². The number of hydrogen-bond donors (Lipinski definition) is 2. The van der Waals surface area contributed by atoms with Crippen LogP contribution in [0.15, 0.2) is 24.4 Å². The Morgan fingerprint density at radius 3 is 3.07 bits per heavy atom. The second-order valence-corrected chi connectivity index (χ2v) is 4.48. The number of aliphatic hydroxyl groups excluding tert-OH is 1. The first-order valence-electron chi connectivity index (χ1n) is 4.21. The summed E-state index contributed by atoms with van der Waals surface area (Å²) in [6, 6.07) is 5.57. The molecule has 0 aliphatic carbocycles. The molecule has 76 valence electrons. The van der Waals surface area contributed by atoms with Crippen molar-refractivity contribution in [2.24, 2.45) is 0 Å². The number of nitrogens with one attached hydrogen (secondary N) is 1. The third kappa shape index (κ3) is 4.55. The third-order valence-corrected chi connectivity index (χ3v) is 2.82. The zero-order valence-corrected chi connectivity index (χ0v) is 9.44. The fourth-order valence-electron chi connectivity index (χ4n) is 0.774. The lowest BCUT2D eigenvalue weighted by Crippen LogP contribution is -2.11. The van der Waals surface area contributed by atoms with Crippen molar-refractivity contribution in [3.05, 3.63) is 24.4 Å². The Morgan fingerprint density at radius 2 is 2.50 bits per heavy atom. The minimum atomic E-state index is -0.344. The highest BCUT2D eigenvalue weighted by Gasteiger charge is 2.01. The van der Waals surface area contributed by atoms with Gasteiger partial charge in [-0.3, -0.25) is 0 Å². The fourth-order valence-corrected chi connectivity index (χ4v) is 1.65. The summed E-state index contributed by atoms with van der Waals surface area (Å²) < 4.78 is 0.629. The summed E-state index contributed by atoms with van der Waals surface area (Å²) in [6.45, 7) is 1.73. The van der Waals surface area contributed by atoms with E-state index in [-0.39, 0.29) is 6.10 Å². The largest absolute Gasteiger partial charge is 0.393 e. The molecule has 5 heteroatoms. The average Bonchev–Trinajstić information content (AvgIpc) is 2.16. The molecule has 3 nitrogen and oxygen atoms in total. The van der Waals surface area contributed by atoms with Crippen LogP contribution in [0.2, 0.25) is 0 Å². The topological polar surface area (TPSA) is 45.1 Å². The van der Waals surface area contributed by atoms with Gasteiger partial charge in [0.25, 0.3) is 0 Å². The number of aromatic nitrogens is 1. The maximum Gasteiger partial charge on any atom is 0.139 e. The van der Waals surface area contributed by atoms with Gasteiger partial charge in [0.15, 0.2) is 0 Å². The van der Waals surface area contributed by atoms with Crippen LogP contribution in [0, 0.1) is 0 Å². The Morgan fingerprint density at radius 1 is 1.71 bits per heavy atom. The molecule has 1 unspecified atom stereocenters. The van der Waals surface area contributed by atoms with Gasteiger partial charge < -0.3 is 10.4 Å². The van der Waals surface area contributed by atoms with Gasteiger partial charge in [-0.25, -0.2) is 4.98 Å². The molecule has 0 saturated heterocycles. The Kier molecular flexibility index (Phi) is 4.86. The van der Waals surface area contributed by atoms with Crippen LogP contribution in [0.25, 0.3) is 0 Å². The van der Waals surface area contributed by atoms with Crippen molar-refractivity contribution in [3.63, 3.8) is 0 Å². The fraction of sp³-hybridized carbons (Fsp3) is 0.333. The number of anilines is 1. The SMILES string of the molecule is CC(O)CSC(=S)Nc1ccccn1. The molecule has 1 heterocycles. The van der Waals surface area contributed by atoms with E-state index < -0.39 is 0 Å². The molecule has 0 aromatic carbocycles. The van der Waals surface area contributed by atoms with Gasteiger partial charge in [0.05, 0.1) is 6.10 Å². The molecule has 0 spiro atoms. The molecule has 1 aromatic heterocycles. The van der Waals surface area contributed by atoms with E-state index in [9.17, 15) is 0 Å². The molecule has 0 bridgehead atoms. The first kappa shape index (κ1) is 11.4. The number of aliphatic hydroxyl groups is 1. The second-order valence-electron chi connectivity index (χ2n) is 2.79. The van der Waals surface area contributed by atoms with Crippen LogP contribution in [-0.2, 0) is 0 Å². The van der Waals surface area contributed by atoms with Crippen molar-refractivity contribution < 1.29 is 5.11 Å². The highest BCUT2D eigenvalue weighted by atomic mass is 32.2. The molecular formula is C9H12N2OS2. The van der Waals surface area contributed by atoms with Gasteiger partial charge in [-0.2, -0.15) is 0 Å². The molecule has 14 heavy (non-hydrogen) atoms. The lowest BCUT2D eigenvalue weighted by molar-refractivity contribution is 0.220.